The number of piperazine rings is 1. The second kappa shape index (κ2) is 15.0. The predicted molar refractivity (Wildman–Crippen MR) is 149 cm³/mol. The maximum Gasteiger partial charge on any atom is 0.341 e. The van der Waals surface area contributed by atoms with E-state index in [1.54, 1.807) is 19.2 Å². The summed E-state index contributed by atoms with van der Waals surface area (Å²) in [4.78, 5) is 28.7. The number of halogens is 2. The molecule has 2 aliphatic heterocycles. The lowest BCUT2D eigenvalue weighted by molar-refractivity contribution is -0.139. The molecule has 4 rings (SSSR count). The Bertz CT molecular complexity index is 985. The Morgan fingerprint density at radius 2 is 1.65 bits per heavy atom. The van der Waals surface area contributed by atoms with Gasteiger partial charge in [0.05, 0.1) is 13.2 Å². The normalized spacial score (nSPS) is 18.5. The minimum atomic E-state index is -1.02. The fraction of sp³-hybridized carbons (Fsp3) is 0.481. The van der Waals surface area contributed by atoms with E-state index in [2.05, 4.69) is 10.2 Å². The summed E-state index contributed by atoms with van der Waals surface area (Å²) in [5, 5.41) is 12.2. The van der Waals surface area contributed by atoms with Gasteiger partial charge in [-0.3, -0.25) is 9.69 Å². The number of nitrogens with zero attached hydrogens (tertiary/aromatic N) is 2. The van der Waals surface area contributed by atoms with Crippen LogP contribution in [0.5, 0.6) is 11.5 Å². The van der Waals surface area contributed by atoms with Gasteiger partial charge >= 0.3 is 5.97 Å². The zero-order valence-corrected chi connectivity index (χ0v) is 22.8. The number of piperidine rings is 1. The first-order chi connectivity index (χ1) is 17.0. The van der Waals surface area contributed by atoms with Crippen LogP contribution in [0.2, 0.25) is 0 Å². The van der Waals surface area contributed by atoms with E-state index in [0.717, 1.165) is 49.6 Å². The fourth-order valence-corrected chi connectivity index (χ4v) is 4.94. The van der Waals surface area contributed by atoms with Gasteiger partial charge in [-0.25, -0.2) is 4.79 Å². The molecule has 2 heterocycles. The first-order valence-electron chi connectivity index (χ1n) is 12.4. The minimum absolute atomic E-state index is 0. The molecule has 37 heavy (non-hydrogen) atoms. The van der Waals surface area contributed by atoms with E-state index < -0.39 is 12.6 Å². The van der Waals surface area contributed by atoms with Crippen LogP contribution in [-0.2, 0) is 16.0 Å². The number of aliphatic carboxylic acids is 1. The molecule has 1 amide bonds. The number of benzene rings is 2. The first-order valence-corrected chi connectivity index (χ1v) is 12.4. The van der Waals surface area contributed by atoms with Crippen LogP contribution in [0, 0.1) is 5.92 Å². The predicted octanol–water partition coefficient (Wildman–Crippen LogP) is 3.65. The highest BCUT2D eigenvalue weighted by Gasteiger charge is 2.35. The molecule has 2 fully saturated rings. The molecular weight excluding hydrogens is 517 g/mol. The number of anilines is 1. The lowest BCUT2D eigenvalue weighted by atomic mass is 9.93. The summed E-state index contributed by atoms with van der Waals surface area (Å²) >= 11 is 0. The highest BCUT2D eigenvalue weighted by atomic mass is 35.5. The van der Waals surface area contributed by atoms with Crippen molar-refractivity contribution in [3.05, 3.63) is 54.1 Å². The number of methoxy groups -OCH3 is 1. The van der Waals surface area contributed by atoms with Crippen molar-refractivity contribution >= 4 is 42.4 Å². The van der Waals surface area contributed by atoms with Gasteiger partial charge in [0, 0.05) is 18.8 Å². The summed E-state index contributed by atoms with van der Waals surface area (Å²) in [5.74, 6) is 1.06. The number of rotatable bonds is 10. The second-order valence-electron chi connectivity index (χ2n) is 9.25. The molecule has 0 radical (unpaired) electrons. The Balaban J connectivity index is 0.00000241. The number of ether oxygens (including phenoxy) is 2. The first kappa shape index (κ1) is 30.7. The number of carbonyl (C=O) groups excluding carboxylic acids is 1. The largest absolute Gasteiger partial charge is 0.497 e. The fourth-order valence-electron chi connectivity index (χ4n) is 4.94. The van der Waals surface area contributed by atoms with Crippen molar-refractivity contribution < 1.29 is 24.2 Å². The van der Waals surface area contributed by atoms with E-state index in [9.17, 15) is 9.59 Å². The van der Waals surface area contributed by atoms with Gasteiger partial charge in [0.2, 0.25) is 5.91 Å². The number of carbonyl (C=O) groups is 2. The lowest BCUT2D eigenvalue weighted by Crippen LogP contribution is -2.58. The molecule has 1 atom stereocenters. The summed E-state index contributed by atoms with van der Waals surface area (Å²) in [6, 6.07) is 14.8. The van der Waals surface area contributed by atoms with E-state index >= 15 is 0 Å². The smallest absolute Gasteiger partial charge is 0.341 e. The van der Waals surface area contributed by atoms with E-state index in [0.29, 0.717) is 24.6 Å². The van der Waals surface area contributed by atoms with Crippen LogP contribution in [0.4, 0.5) is 5.69 Å². The topological polar surface area (TPSA) is 91.3 Å². The van der Waals surface area contributed by atoms with Crippen LogP contribution in [0.1, 0.15) is 24.8 Å². The molecule has 8 nitrogen and oxygen atoms in total. The van der Waals surface area contributed by atoms with Crippen LogP contribution in [-0.4, -0.2) is 74.4 Å². The number of nitrogens with one attached hydrogen (secondary N) is 1. The SMILES string of the molecule is COc1ccc(CC2C(=O)N(c3ccc(OCC(=O)O)cc3)CCN2CCC2CCNCC2)cc1.Cl.Cl. The molecule has 2 aliphatic rings. The van der Waals surface area contributed by atoms with Crippen molar-refractivity contribution in [2.24, 2.45) is 5.92 Å². The molecule has 1 unspecified atom stereocenters. The Morgan fingerprint density at radius 3 is 2.27 bits per heavy atom. The van der Waals surface area contributed by atoms with Crippen LogP contribution in [0.3, 0.4) is 0 Å². The van der Waals surface area contributed by atoms with Crippen molar-refractivity contribution in [2.45, 2.75) is 31.7 Å². The number of carboxylic acid groups (broad SMARTS) is 1. The van der Waals surface area contributed by atoms with Gasteiger partial charge in [-0.2, -0.15) is 0 Å². The Morgan fingerprint density at radius 1 is 1.00 bits per heavy atom. The standard InChI is InChI=1S/C27H35N3O5.2ClH/c1-34-23-6-2-21(3-7-23)18-25-27(33)30(22-4-8-24(9-5-22)35-19-26(31)32)17-16-29(25)15-12-20-10-13-28-14-11-20;;/h2-9,20,25,28H,10-19H2,1H3,(H,31,32);2*1H. The molecule has 0 aliphatic carbocycles. The van der Waals surface area contributed by atoms with Crippen molar-refractivity contribution in [1.82, 2.24) is 10.2 Å². The highest BCUT2D eigenvalue weighted by Crippen LogP contribution is 2.27. The molecule has 0 bridgehead atoms. The summed E-state index contributed by atoms with van der Waals surface area (Å²) in [6.45, 7) is 4.14. The molecule has 0 saturated carbocycles. The second-order valence-corrected chi connectivity index (χ2v) is 9.25. The van der Waals surface area contributed by atoms with Crippen LogP contribution < -0.4 is 19.7 Å². The van der Waals surface area contributed by atoms with Crippen molar-refractivity contribution in [3.8, 4) is 11.5 Å². The monoisotopic (exact) mass is 553 g/mol. The average Bonchev–Trinajstić information content (AvgIpc) is 2.89. The quantitative estimate of drug-likeness (QED) is 0.464. The third kappa shape index (κ3) is 8.50. The summed E-state index contributed by atoms with van der Waals surface area (Å²) in [7, 11) is 1.65. The van der Waals surface area contributed by atoms with Gasteiger partial charge in [-0.15, -0.1) is 24.8 Å². The Labute approximate surface area is 231 Å². The number of amides is 1. The van der Waals surface area contributed by atoms with Gasteiger partial charge in [0.25, 0.3) is 0 Å². The Kier molecular flexibility index (Phi) is 12.5. The van der Waals surface area contributed by atoms with Gasteiger partial charge < -0.3 is 24.8 Å². The summed E-state index contributed by atoms with van der Waals surface area (Å²) in [6.07, 6.45) is 4.16. The zero-order valence-electron chi connectivity index (χ0n) is 21.1. The van der Waals surface area contributed by atoms with E-state index in [-0.39, 0.29) is 36.8 Å². The number of hydrogen-bond acceptors (Lipinski definition) is 6. The highest BCUT2D eigenvalue weighted by molar-refractivity contribution is 5.98. The minimum Gasteiger partial charge on any atom is -0.497 e. The molecule has 10 heteroatoms. The van der Waals surface area contributed by atoms with Crippen LogP contribution >= 0.6 is 24.8 Å². The summed E-state index contributed by atoms with van der Waals surface area (Å²) in [5.41, 5.74) is 1.91. The molecule has 2 aromatic carbocycles. The van der Waals surface area contributed by atoms with E-state index in [4.69, 9.17) is 14.6 Å². The van der Waals surface area contributed by atoms with E-state index in [1.807, 2.05) is 41.3 Å². The molecular formula is C27H37Cl2N3O5. The molecule has 204 valence electrons. The summed E-state index contributed by atoms with van der Waals surface area (Å²) < 4.78 is 10.5. The van der Waals surface area contributed by atoms with Gasteiger partial charge in [0.1, 0.15) is 11.5 Å². The average molecular weight is 555 g/mol. The van der Waals surface area contributed by atoms with Crippen LogP contribution in [0.15, 0.2) is 48.5 Å². The van der Waals surface area contributed by atoms with Crippen molar-refractivity contribution in [3.63, 3.8) is 0 Å². The molecule has 2 saturated heterocycles. The van der Waals surface area contributed by atoms with Crippen molar-refractivity contribution in [2.75, 3.05) is 51.3 Å². The third-order valence-electron chi connectivity index (χ3n) is 6.98. The Hall–Kier alpha value is -2.52. The molecule has 2 aromatic rings. The number of carboxylic acids is 1. The molecule has 2 N–H and O–H groups in total. The van der Waals surface area contributed by atoms with Gasteiger partial charge in [-0.05, 0) is 93.2 Å². The van der Waals surface area contributed by atoms with E-state index in [1.165, 1.54) is 12.8 Å². The lowest BCUT2D eigenvalue weighted by Gasteiger charge is -2.41. The van der Waals surface area contributed by atoms with Gasteiger partial charge in [-0.1, -0.05) is 12.1 Å². The zero-order chi connectivity index (χ0) is 24.6. The third-order valence-corrected chi connectivity index (χ3v) is 6.98. The van der Waals surface area contributed by atoms with Crippen molar-refractivity contribution in [1.29, 1.82) is 0 Å². The number of hydrogen-bond donors (Lipinski definition) is 2. The molecule has 0 aromatic heterocycles. The van der Waals surface area contributed by atoms with Crippen LogP contribution in [0.25, 0.3) is 0 Å². The maximum atomic E-state index is 13.8. The molecule has 0 spiro atoms. The maximum absolute atomic E-state index is 13.8. The van der Waals surface area contributed by atoms with Gasteiger partial charge in [0.15, 0.2) is 6.61 Å².